The maximum atomic E-state index is 6.46. The van der Waals surface area contributed by atoms with Crippen LogP contribution in [0, 0.1) is 0 Å². The second-order valence-electron chi connectivity index (χ2n) is 16.5. The number of anilines is 1. The number of nitrogen functional groups attached to an aromatic ring is 1. The molecule has 66 heavy (non-hydrogen) atoms. The van der Waals surface area contributed by atoms with Crippen LogP contribution in [0.5, 0.6) is 5.75 Å². The van der Waals surface area contributed by atoms with Crippen LogP contribution in [0.25, 0.3) is 93.4 Å². The Morgan fingerprint density at radius 1 is 0.621 bits per heavy atom. The lowest BCUT2D eigenvalue weighted by atomic mass is 10.00. The Morgan fingerprint density at radius 3 is 1.88 bits per heavy atom. The third kappa shape index (κ3) is 8.71. The number of rotatable bonds is 11. The molecule has 332 valence electrons. The molecule has 4 nitrogen and oxygen atoms in total. The molecule has 0 atom stereocenters. The van der Waals surface area contributed by atoms with E-state index < -0.39 is 0 Å². The van der Waals surface area contributed by atoms with Gasteiger partial charge in [0, 0.05) is 47.9 Å². The minimum absolute atomic E-state index is 0.619. The zero-order valence-corrected chi connectivity index (χ0v) is 40.3. The molecule has 10 aromatic rings. The number of methoxy groups -OCH3 is 1. The van der Waals surface area contributed by atoms with E-state index in [-0.39, 0.29) is 0 Å². The normalized spacial score (nSPS) is 11.7. The van der Waals surface area contributed by atoms with Crippen LogP contribution in [0.2, 0.25) is 0 Å². The summed E-state index contributed by atoms with van der Waals surface area (Å²) in [6.45, 7) is 16.9. The van der Waals surface area contributed by atoms with Crippen LogP contribution in [0.1, 0.15) is 71.2 Å². The van der Waals surface area contributed by atoms with Crippen molar-refractivity contribution in [3.05, 3.63) is 186 Å². The van der Waals surface area contributed by atoms with Gasteiger partial charge in [0.1, 0.15) is 5.75 Å². The van der Waals surface area contributed by atoms with E-state index in [2.05, 4.69) is 195 Å². The Balaban J connectivity index is 0.000000485. The van der Waals surface area contributed by atoms with Crippen molar-refractivity contribution in [3.63, 3.8) is 0 Å². The molecular formula is C61H61N3OS. The number of thiophene rings is 1. The minimum Gasteiger partial charge on any atom is -0.495 e. The summed E-state index contributed by atoms with van der Waals surface area (Å²) in [5, 5.41) is 5.99. The molecule has 5 heteroatoms. The maximum absolute atomic E-state index is 6.46. The Labute approximate surface area is 394 Å². The van der Waals surface area contributed by atoms with E-state index >= 15 is 0 Å². The average molecular weight is 884 g/mol. The molecule has 0 bridgehead atoms. The van der Waals surface area contributed by atoms with Crippen molar-refractivity contribution in [2.45, 2.75) is 67.2 Å². The summed E-state index contributed by atoms with van der Waals surface area (Å²) in [5.74, 6) is 0.679. The lowest BCUT2D eigenvalue weighted by Gasteiger charge is -2.11. The highest BCUT2D eigenvalue weighted by atomic mass is 32.1. The second-order valence-corrected chi connectivity index (χ2v) is 17.6. The predicted octanol–water partition coefficient (Wildman–Crippen LogP) is 18.0. The highest BCUT2D eigenvalue weighted by molar-refractivity contribution is 7.19. The first-order valence-electron chi connectivity index (χ1n) is 23.5. The van der Waals surface area contributed by atoms with Crippen LogP contribution in [0.4, 0.5) is 5.69 Å². The van der Waals surface area contributed by atoms with Crippen molar-refractivity contribution in [1.29, 1.82) is 0 Å². The molecule has 0 amide bonds. The van der Waals surface area contributed by atoms with Crippen LogP contribution >= 0.6 is 11.3 Å². The molecule has 0 aliphatic heterocycles. The topological polar surface area (TPSA) is 45.1 Å². The molecule has 3 aromatic heterocycles. The number of aryl methyl sites for hydroxylation is 1. The van der Waals surface area contributed by atoms with Crippen molar-refractivity contribution < 1.29 is 4.74 Å². The first-order chi connectivity index (χ1) is 32.3. The lowest BCUT2D eigenvalue weighted by Crippen LogP contribution is -1.96. The zero-order chi connectivity index (χ0) is 46.3. The van der Waals surface area contributed by atoms with E-state index in [1.54, 1.807) is 7.11 Å². The van der Waals surface area contributed by atoms with E-state index in [1.165, 1.54) is 64.6 Å². The van der Waals surface area contributed by atoms with E-state index in [9.17, 15) is 0 Å². The Bertz CT molecular complexity index is 3390. The van der Waals surface area contributed by atoms with Crippen LogP contribution in [0.3, 0.4) is 0 Å². The fourth-order valence-corrected chi connectivity index (χ4v) is 10.3. The summed E-state index contributed by atoms with van der Waals surface area (Å²) in [6.07, 6.45) is 13.0. The number of aromatic nitrogens is 2. The van der Waals surface area contributed by atoms with Crippen molar-refractivity contribution in [2.75, 3.05) is 12.8 Å². The first-order valence-corrected chi connectivity index (χ1v) is 24.3. The number of para-hydroxylation sites is 2. The van der Waals surface area contributed by atoms with Gasteiger partial charge in [-0.1, -0.05) is 144 Å². The van der Waals surface area contributed by atoms with Gasteiger partial charge in [0.25, 0.3) is 0 Å². The lowest BCUT2D eigenvalue weighted by molar-refractivity contribution is 0.417. The van der Waals surface area contributed by atoms with Gasteiger partial charge in [-0.2, -0.15) is 0 Å². The number of ether oxygens (including phenoxy) is 1. The molecule has 0 saturated carbocycles. The second kappa shape index (κ2) is 20.4. The van der Waals surface area contributed by atoms with Gasteiger partial charge in [-0.3, -0.25) is 0 Å². The Hall–Kier alpha value is -7.08. The number of hydrogen-bond donors (Lipinski definition) is 1. The van der Waals surface area contributed by atoms with Crippen molar-refractivity contribution >= 4 is 76.8 Å². The van der Waals surface area contributed by atoms with Crippen molar-refractivity contribution in [3.8, 4) is 39.4 Å². The summed E-state index contributed by atoms with van der Waals surface area (Å²) >= 11 is 1.90. The van der Waals surface area contributed by atoms with Gasteiger partial charge < -0.3 is 19.6 Å². The van der Waals surface area contributed by atoms with E-state index in [0.29, 0.717) is 11.4 Å². The SMILES string of the molecule is C=Cc1c(CCC)sc2ccc(-c3cccc(-n4c5ccccc5c5cc(-c6ccc7c(c6)c6cc(OC)c(N)cc6n7-c6ccccc6)ccc54)c3)cc12.CC.CC/C=C\C=C(\C)CC. The highest BCUT2D eigenvalue weighted by Crippen LogP contribution is 2.41. The Kier molecular flexibility index (Phi) is 14.1. The smallest absolute Gasteiger partial charge is 0.142 e. The van der Waals surface area contributed by atoms with Gasteiger partial charge in [0.2, 0.25) is 0 Å². The molecule has 0 fully saturated rings. The van der Waals surface area contributed by atoms with Gasteiger partial charge in [-0.15, -0.1) is 11.3 Å². The summed E-state index contributed by atoms with van der Waals surface area (Å²) in [5.41, 5.74) is 21.3. The largest absolute Gasteiger partial charge is 0.495 e. The minimum atomic E-state index is 0.619. The summed E-state index contributed by atoms with van der Waals surface area (Å²) in [6, 6.07) is 52.8. The predicted molar refractivity (Wildman–Crippen MR) is 291 cm³/mol. The van der Waals surface area contributed by atoms with E-state index in [0.717, 1.165) is 64.4 Å². The molecule has 7 aromatic carbocycles. The summed E-state index contributed by atoms with van der Waals surface area (Å²) in [7, 11) is 1.67. The number of benzene rings is 7. The standard InChI is InChI=1S/C50H39N3OS.C9H16.C2H6/c1-4-12-49-37(5-2)42-28-34(21-24-50(42)55-49)31-13-11-16-36(25-31)53-44-18-10-9-17-38(44)39-26-32(19-22-45(39)53)33-20-23-46-40(27-33)41-29-48(54-3)43(51)30-47(41)52(46)35-14-7-6-8-15-35;1-4-6-7-8-9(3)5-2;1-2/h5-11,13-30H,2,4,12,51H2,1,3H3;6-8H,4-5H2,1-3H3;1-2H3/b;7-6-,9-8-;. The van der Waals surface area contributed by atoms with Crippen LogP contribution in [-0.4, -0.2) is 16.2 Å². The van der Waals surface area contributed by atoms with Crippen molar-refractivity contribution in [1.82, 2.24) is 9.13 Å². The van der Waals surface area contributed by atoms with Crippen LogP contribution in [0.15, 0.2) is 176 Å². The van der Waals surface area contributed by atoms with Gasteiger partial charge in [0.15, 0.2) is 0 Å². The Morgan fingerprint density at radius 2 is 1.21 bits per heavy atom. The van der Waals surface area contributed by atoms with Crippen LogP contribution in [-0.2, 0) is 6.42 Å². The van der Waals surface area contributed by atoms with E-state index in [1.807, 2.05) is 43.4 Å². The molecule has 10 rings (SSSR count). The molecule has 0 aliphatic carbocycles. The number of hydrogen-bond acceptors (Lipinski definition) is 3. The molecule has 3 heterocycles. The zero-order valence-electron chi connectivity index (χ0n) is 39.5. The first kappa shape index (κ1) is 45.5. The maximum Gasteiger partial charge on any atom is 0.142 e. The third-order valence-electron chi connectivity index (χ3n) is 12.4. The number of allylic oxidation sites excluding steroid dienone is 4. The summed E-state index contributed by atoms with van der Waals surface area (Å²) < 4.78 is 11.7. The third-order valence-corrected chi connectivity index (χ3v) is 13.6. The monoisotopic (exact) mass is 883 g/mol. The number of nitrogens with two attached hydrogens (primary N) is 1. The fourth-order valence-electron chi connectivity index (χ4n) is 9.00. The van der Waals surface area contributed by atoms with E-state index in [4.69, 9.17) is 10.5 Å². The molecule has 0 radical (unpaired) electrons. The highest BCUT2D eigenvalue weighted by Gasteiger charge is 2.18. The molecule has 0 spiro atoms. The number of fused-ring (bicyclic) bond motifs is 7. The molecule has 2 N–H and O–H groups in total. The molecule has 0 saturated heterocycles. The van der Waals surface area contributed by atoms with Gasteiger partial charge in [-0.25, -0.2) is 0 Å². The molecule has 0 aliphatic rings. The van der Waals surface area contributed by atoms with Gasteiger partial charge in [-0.05, 0) is 133 Å². The number of nitrogens with zero attached hydrogens (tertiary/aromatic N) is 2. The van der Waals surface area contributed by atoms with Gasteiger partial charge in [0.05, 0.1) is 34.9 Å². The summed E-state index contributed by atoms with van der Waals surface area (Å²) in [4.78, 5) is 1.42. The molecule has 0 unspecified atom stereocenters. The average Bonchev–Trinajstić information content (AvgIpc) is 4.00. The molecular weight excluding hydrogens is 823 g/mol. The van der Waals surface area contributed by atoms with Crippen molar-refractivity contribution in [2.24, 2.45) is 0 Å². The fraction of sp³-hybridized carbons (Fsp3) is 0.180. The van der Waals surface area contributed by atoms with Gasteiger partial charge >= 0.3 is 0 Å². The quantitative estimate of drug-likeness (QED) is 0.104. The van der Waals surface area contributed by atoms with Crippen LogP contribution < -0.4 is 10.5 Å².